The molecule has 1 atom stereocenters. The maximum atomic E-state index is 13.2. The molecule has 2 aromatic rings. The van der Waals surface area contributed by atoms with Crippen LogP contribution in [0.5, 0.6) is 5.75 Å². The second kappa shape index (κ2) is 10.5. The molecule has 3 rings (SSSR count). The number of benzene rings is 2. The Hall–Kier alpha value is -2.82. The highest BCUT2D eigenvalue weighted by Gasteiger charge is 2.29. The summed E-state index contributed by atoms with van der Waals surface area (Å²) in [6.45, 7) is 8.10. The van der Waals surface area contributed by atoms with Gasteiger partial charge in [-0.05, 0) is 74.9 Å². The Balaban J connectivity index is 1.74. The van der Waals surface area contributed by atoms with Gasteiger partial charge in [-0.3, -0.25) is 9.59 Å². The van der Waals surface area contributed by atoms with Gasteiger partial charge in [0.25, 0.3) is 5.91 Å². The first-order chi connectivity index (χ1) is 14.8. The number of nitrogens with zero attached hydrogens (tertiary/aromatic N) is 1. The van der Waals surface area contributed by atoms with Crippen LogP contribution in [0.1, 0.15) is 54.9 Å². The number of carbonyl (C=O) groups is 2. The molecule has 0 aromatic heterocycles. The highest BCUT2D eigenvalue weighted by Crippen LogP contribution is 2.20. The fraction of sp³-hybridized carbons (Fsp3) is 0.462. The molecule has 1 fully saturated rings. The smallest absolute Gasteiger partial charge is 0.261 e. The lowest BCUT2D eigenvalue weighted by molar-refractivity contribution is -0.142. The summed E-state index contributed by atoms with van der Waals surface area (Å²) in [5, 5.41) is 3.13. The molecule has 2 aromatic carbocycles. The van der Waals surface area contributed by atoms with Crippen LogP contribution in [0, 0.1) is 20.8 Å². The van der Waals surface area contributed by atoms with E-state index in [-0.39, 0.29) is 24.5 Å². The molecule has 1 saturated carbocycles. The molecular weight excluding hydrogens is 388 g/mol. The molecule has 0 unspecified atom stereocenters. The van der Waals surface area contributed by atoms with Gasteiger partial charge in [0.05, 0.1) is 0 Å². The van der Waals surface area contributed by atoms with Crippen LogP contribution in [0.3, 0.4) is 0 Å². The fourth-order valence-electron chi connectivity index (χ4n) is 4.19. The standard InChI is InChI=1S/C26H34N2O3/c1-18-13-19(2)15-24(14-18)31-17-25(29)28(16-22-10-6-5-9-20(22)3)21(4)26(30)27-23-11-7-8-12-23/h5-6,9-10,13-15,21,23H,7-8,11-12,16-17H2,1-4H3,(H,27,30)/t21-/m1/s1. The summed E-state index contributed by atoms with van der Waals surface area (Å²) >= 11 is 0. The van der Waals surface area contributed by atoms with Crippen molar-refractivity contribution in [2.24, 2.45) is 0 Å². The van der Waals surface area contributed by atoms with Crippen molar-refractivity contribution in [2.45, 2.75) is 72.0 Å². The molecular formula is C26H34N2O3. The van der Waals surface area contributed by atoms with Crippen LogP contribution in [-0.4, -0.2) is 35.4 Å². The van der Waals surface area contributed by atoms with Crippen LogP contribution in [-0.2, 0) is 16.1 Å². The topological polar surface area (TPSA) is 58.6 Å². The fourth-order valence-corrected chi connectivity index (χ4v) is 4.19. The van der Waals surface area contributed by atoms with Gasteiger partial charge in [-0.2, -0.15) is 0 Å². The SMILES string of the molecule is Cc1cc(C)cc(OCC(=O)N(Cc2ccccc2C)[C@H](C)C(=O)NC2CCCC2)c1. The summed E-state index contributed by atoms with van der Waals surface area (Å²) < 4.78 is 5.82. The summed E-state index contributed by atoms with van der Waals surface area (Å²) in [6.07, 6.45) is 4.32. The molecule has 0 aliphatic heterocycles. The van der Waals surface area contributed by atoms with Crippen molar-refractivity contribution in [3.63, 3.8) is 0 Å². The number of rotatable bonds is 8. The quantitative estimate of drug-likeness (QED) is 0.683. The van der Waals surface area contributed by atoms with E-state index in [4.69, 9.17) is 4.74 Å². The van der Waals surface area contributed by atoms with Crippen LogP contribution in [0.25, 0.3) is 0 Å². The van der Waals surface area contributed by atoms with Gasteiger partial charge in [-0.1, -0.05) is 43.2 Å². The average Bonchev–Trinajstić information content (AvgIpc) is 3.23. The molecule has 1 aliphatic rings. The zero-order chi connectivity index (χ0) is 22.4. The van der Waals surface area contributed by atoms with Gasteiger partial charge in [-0.25, -0.2) is 0 Å². The van der Waals surface area contributed by atoms with E-state index in [0.29, 0.717) is 12.3 Å². The van der Waals surface area contributed by atoms with Crippen molar-refractivity contribution in [3.05, 3.63) is 64.7 Å². The van der Waals surface area contributed by atoms with E-state index < -0.39 is 6.04 Å². The lowest BCUT2D eigenvalue weighted by Gasteiger charge is -2.30. The van der Waals surface area contributed by atoms with Crippen molar-refractivity contribution >= 4 is 11.8 Å². The van der Waals surface area contributed by atoms with E-state index in [1.54, 1.807) is 11.8 Å². The number of amides is 2. The van der Waals surface area contributed by atoms with Gasteiger partial charge in [0.15, 0.2) is 6.61 Å². The molecule has 2 amide bonds. The maximum absolute atomic E-state index is 13.2. The zero-order valence-electron chi connectivity index (χ0n) is 19.1. The van der Waals surface area contributed by atoms with E-state index in [2.05, 4.69) is 11.4 Å². The van der Waals surface area contributed by atoms with Gasteiger partial charge in [0.1, 0.15) is 11.8 Å². The third-order valence-electron chi connectivity index (χ3n) is 6.03. The molecule has 1 N–H and O–H groups in total. The molecule has 0 radical (unpaired) electrons. The molecule has 0 bridgehead atoms. The van der Waals surface area contributed by atoms with Gasteiger partial charge >= 0.3 is 0 Å². The summed E-state index contributed by atoms with van der Waals surface area (Å²) in [5.41, 5.74) is 4.30. The van der Waals surface area contributed by atoms with Crippen LogP contribution < -0.4 is 10.1 Å². The summed E-state index contributed by atoms with van der Waals surface area (Å²) in [6, 6.07) is 13.5. The van der Waals surface area contributed by atoms with Crippen molar-refractivity contribution in [3.8, 4) is 5.75 Å². The normalized spacial score (nSPS) is 14.8. The number of carbonyl (C=O) groups excluding carboxylic acids is 2. The Bertz CT molecular complexity index is 898. The van der Waals surface area contributed by atoms with E-state index in [9.17, 15) is 9.59 Å². The Morgan fingerprint density at radius 1 is 1.06 bits per heavy atom. The Labute approximate surface area is 185 Å². The average molecular weight is 423 g/mol. The van der Waals surface area contributed by atoms with E-state index in [1.807, 2.05) is 57.2 Å². The summed E-state index contributed by atoms with van der Waals surface area (Å²) in [7, 11) is 0. The number of ether oxygens (including phenoxy) is 1. The van der Waals surface area contributed by atoms with E-state index in [1.165, 1.54) is 0 Å². The van der Waals surface area contributed by atoms with E-state index >= 15 is 0 Å². The largest absolute Gasteiger partial charge is 0.484 e. The second-order valence-corrected chi connectivity index (χ2v) is 8.73. The van der Waals surface area contributed by atoms with Crippen molar-refractivity contribution < 1.29 is 14.3 Å². The maximum Gasteiger partial charge on any atom is 0.261 e. The Morgan fingerprint density at radius 2 is 1.71 bits per heavy atom. The Kier molecular flexibility index (Phi) is 7.72. The van der Waals surface area contributed by atoms with Crippen LogP contribution >= 0.6 is 0 Å². The van der Waals surface area contributed by atoms with Gasteiger partial charge < -0.3 is 15.0 Å². The molecule has 0 spiro atoms. The number of nitrogens with one attached hydrogen (secondary N) is 1. The molecule has 5 nitrogen and oxygen atoms in total. The number of hydrogen-bond donors (Lipinski definition) is 1. The minimum absolute atomic E-state index is 0.0970. The van der Waals surface area contributed by atoms with Crippen LogP contribution in [0.2, 0.25) is 0 Å². The summed E-state index contributed by atoms with van der Waals surface area (Å²) in [5.74, 6) is 0.376. The minimum atomic E-state index is -0.574. The van der Waals surface area contributed by atoms with Gasteiger partial charge in [-0.15, -0.1) is 0 Å². The van der Waals surface area contributed by atoms with E-state index in [0.717, 1.165) is 47.9 Å². The molecule has 166 valence electrons. The molecule has 5 heteroatoms. The first-order valence-corrected chi connectivity index (χ1v) is 11.2. The molecule has 1 aliphatic carbocycles. The second-order valence-electron chi connectivity index (χ2n) is 8.73. The minimum Gasteiger partial charge on any atom is -0.484 e. The van der Waals surface area contributed by atoms with Gasteiger partial charge in [0.2, 0.25) is 5.91 Å². The van der Waals surface area contributed by atoms with Crippen LogP contribution in [0.4, 0.5) is 0 Å². The van der Waals surface area contributed by atoms with Crippen molar-refractivity contribution in [2.75, 3.05) is 6.61 Å². The molecule has 0 heterocycles. The molecule has 31 heavy (non-hydrogen) atoms. The van der Waals surface area contributed by atoms with Crippen molar-refractivity contribution in [1.82, 2.24) is 10.2 Å². The third kappa shape index (κ3) is 6.33. The lowest BCUT2D eigenvalue weighted by Crippen LogP contribution is -2.50. The summed E-state index contributed by atoms with van der Waals surface area (Å²) in [4.78, 5) is 27.8. The Morgan fingerprint density at radius 3 is 2.35 bits per heavy atom. The predicted molar refractivity (Wildman–Crippen MR) is 123 cm³/mol. The highest BCUT2D eigenvalue weighted by atomic mass is 16.5. The van der Waals surface area contributed by atoms with Crippen molar-refractivity contribution in [1.29, 1.82) is 0 Å². The van der Waals surface area contributed by atoms with Crippen LogP contribution in [0.15, 0.2) is 42.5 Å². The first kappa shape index (κ1) is 22.9. The predicted octanol–water partition coefficient (Wildman–Crippen LogP) is 4.47. The first-order valence-electron chi connectivity index (χ1n) is 11.2. The monoisotopic (exact) mass is 422 g/mol. The highest BCUT2D eigenvalue weighted by molar-refractivity contribution is 5.88. The lowest BCUT2D eigenvalue weighted by atomic mass is 10.1. The molecule has 0 saturated heterocycles. The number of hydrogen-bond acceptors (Lipinski definition) is 3. The third-order valence-corrected chi connectivity index (χ3v) is 6.03. The number of aryl methyl sites for hydroxylation is 3. The van der Waals surface area contributed by atoms with Gasteiger partial charge in [0, 0.05) is 12.6 Å². The zero-order valence-corrected chi connectivity index (χ0v) is 19.1.